The summed E-state index contributed by atoms with van der Waals surface area (Å²) in [6.07, 6.45) is 2.73. The molecule has 0 radical (unpaired) electrons. The van der Waals surface area contributed by atoms with Crippen molar-refractivity contribution in [3.05, 3.63) is 70.5 Å². The summed E-state index contributed by atoms with van der Waals surface area (Å²) in [6, 6.07) is 18.0. The van der Waals surface area contributed by atoms with Crippen LogP contribution in [0.5, 0.6) is 0 Å². The molecule has 2 aromatic heterocycles. The van der Waals surface area contributed by atoms with Gasteiger partial charge in [-0.05, 0) is 67.2 Å². The number of para-hydroxylation sites is 1. The van der Waals surface area contributed by atoms with Crippen molar-refractivity contribution >= 4 is 31.6 Å². The molecule has 2 aromatic carbocycles. The number of benzene rings is 2. The lowest BCUT2D eigenvalue weighted by molar-refractivity contribution is 0.222. The Morgan fingerprint density at radius 1 is 0.935 bits per heavy atom. The lowest BCUT2D eigenvalue weighted by Gasteiger charge is -2.31. The standard InChI is InChI=1S/C24H25N3O3S/c1-31(29,30)19-8-10-27(11-9-19)15-16-6-7-22-18(12-16)14-23(25-22)20-13-17-4-2-3-5-21(17)26-24(20)28/h2-7,12-14,19,25H,8-11,15H2,1H3,(H,26,28). The van der Waals surface area contributed by atoms with Gasteiger partial charge >= 0.3 is 0 Å². The maximum absolute atomic E-state index is 12.6. The van der Waals surface area contributed by atoms with Crippen LogP contribution in [-0.4, -0.2) is 47.9 Å². The van der Waals surface area contributed by atoms with Gasteiger partial charge in [-0.25, -0.2) is 8.42 Å². The molecule has 160 valence electrons. The SMILES string of the molecule is CS(=O)(=O)C1CCN(Cc2ccc3[nH]c(-c4cc5ccccc5[nH]c4=O)cc3c2)CC1. The van der Waals surface area contributed by atoms with E-state index in [2.05, 4.69) is 27.0 Å². The third-order valence-corrected chi connectivity index (χ3v) is 7.96. The molecule has 1 fully saturated rings. The maximum atomic E-state index is 12.6. The summed E-state index contributed by atoms with van der Waals surface area (Å²) in [5.74, 6) is 0. The summed E-state index contributed by atoms with van der Waals surface area (Å²) in [4.78, 5) is 21.2. The van der Waals surface area contributed by atoms with Crippen molar-refractivity contribution in [1.29, 1.82) is 0 Å². The Kier molecular flexibility index (Phi) is 4.95. The quantitative estimate of drug-likeness (QED) is 0.512. The molecule has 4 aromatic rings. The average molecular weight is 436 g/mol. The van der Waals surface area contributed by atoms with Gasteiger partial charge in [-0.1, -0.05) is 24.3 Å². The number of hydrogen-bond acceptors (Lipinski definition) is 4. The fraction of sp³-hybridized carbons (Fsp3) is 0.292. The molecule has 0 amide bonds. The molecule has 1 saturated heterocycles. The first-order valence-corrected chi connectivity index (χ1v) is 12.5. The summed E-state index contributed by atoms with van der Waals surface area (Å²) in [7, 11) is -2.95. The summed E-state index contributed by atoms with van der Waals surface area (Å²) < 4.78 is 23.5. The first-order chi connectivity index (χ1) is 14.9. The third kappa shape index (κ3) is 4.03. The lowest BCUT2D eigenvalue weighted by atomic mass is 10.1. The number of aromatic nitrogens is 2. The van der Waals surface area contributed by atoms with Crippen LogP contribution in [0.25, 0.3) is 33.1 Å². The molecule has 2 N–H and O–H groups in total. The smallest absolute Gasteiger partial charge is 0.257 e. The van der Waals surface area contributed by atoms with E-state index in [0.717, 1.165) is 47.1 Å². The number of fused-ring (bicyclic) bond motifs is 2. The molecule has 1 aliphatic rings. The van der Waals surface area contributed by atoms with Gasteiger partial charge in [-0.2, -0.15) is 0 Å². The van der Waals surface area contributed by atoms with E-state index >= 15 is 0 Å². The van der Waals surface area contributed by atoms with E-state index in [4.69, 9.17) is 0 Å². The van der Waals surface area contributed by atoms with Crippen LogP contribution >= 0.6 is 0 Å². The Balaban J connectivity index is 1.39. The van der Waals surface area contributed by atoms with Crippen molar-refractivity contribution in [3.8, 4) is 11.3 Å². The number of piperidine rings is 1. The van der Waals surface area contributed by atoms with E-state index in [-0.39, 0.29) is 10.8 Å². The molecule has 0 unspecified atom stereocenters. The maximum Gasteiger partial charge on any atom is 0.257 e. The van der Waals surface area contributed by atoms with E-state index in [1.807, 2.05) is 42.5 Å². The van der Waals surface area contributed by atoms with Gasteiger partial charge in [0.1, 0.15) is 9.84 Å². The fourth-order valence-corrected chi connectivity index (χ4v) is 5.59. The number of rotatable bonds is 4. The van der Waals surface area contributed by atoms with Crippen molar-refractivity contribution < 1.29 is 8.42 Å². The van der Waals surface area contributed by atoms with E-state index in [9.17, 15) is 13.2 Å². The predicted molar refractivity (Wildman–Crippen MR) is 125 cm³/mol. The Bertz CT molecular complexity index is 1430. The van der Waals surface area contributed by atoms with Gasteiger partial charge in [-0.3, -0.25) is 9.69 Å². The van der Waals surface area contributed by atoms with Gasteiger partial charge in [0.15, 0.2) is 0 Å². The minimum atomic E-state index is -2.95. The molecule has 0 bridgehead atoms. The average Bonchev–Trinajstić information content (AvgIpc) is 3.16. The molecule has 0 atom stereocenters. The molecular formula is C24H25N3O3S. The number of nitrogens with one attached hydrogen (secondary N) is 2. The highest BCUT2D eigenvalue weighted by Crippen LogP contribution is 2.26. The Labute approximate surface area is 180 Å². The second-order valence-corrected chi connectivity index (χ2v) is 10.8. The first-order valence-electron chi connectivity index (χ1n) is 10.5. The van der Waals surface area contributed by atoms with Crippen LogP contribution in [0.1, 0.15) is 18.4 Å². The van der Waals surface area contributed by atoms with Gasteiger partial charge in [0.05, 0.1) is 16.5 Å². The van der Waals surface area contributed by atoms with Crippen LogP contribution in [0.2, 0.25) is 0 Å². The Morgan fingerprint density at radius 3 is 2.45 bits per heavy atom. The lowest BCUT2D eigenvalue weighted by Crippen LogP contribution is -2.38. The minimum absolute atomic E-state index is 0.112. The van der Waals surface area contributed by atoms with Crippen molar-refractivity contribution in [1.82, 2.24) is 14.9 Å². The predicted octanol–water partition coefficient (Wildman–Crippen LogP) is 3.69. The molecule has 3 heterocycles. The molecule has 0 aliphatic carbocycles. The van der Waals surface area contributed by atoms with E-state index < -0.39 is 9.84 Å². The highest BCUT2D eigenvalue weighted by Gasteiger charge is 2.26. The van der Waals surface area contributed by atoms with Gasteiger partial charge in [0.25, 0.3) is 5.56 Å². The number of nitrogens with zero attached hydrogens (tertiary/aromatic N) is 1. The zero-order chi connectivity index (χ0) is 21.6. The Hall–Kier alpha value is -2.90. The number of aromatic amines is 2. The summed E-state index contributed by atoms with van der Waals surface area (Å²) >= 11 is 0. The molecule has 0 saturated carbocycles. The summed E-state index contributed by atoms with van der Waals surface area (Å²) in [5.41, 5.74) is 4.31. The van der Waals surface area contributed by atoms with E-state index in [1.165, 1.54) is 11.8 Å². The molecule has 1 aliphatic heterocycles. The van der Waals surface area contributed by atoms with Gasteiger partial charge < -0.3 is 9.97 Å². The molecular weight excluding hydrogens is 410 g/mol. The Morgan fingerprint density at radius 2 is 1.68 bits per heavy atom. The third-order valence-electron chi connectivity index (χ3n) is 6.28. The van der Waals surface area contributed by atoms with Crippen molar-refractivity contribution in [3.63, 3.8) is 0 Å². The minimum Gasteiger partial charge on any atom is -0.354 e. The molecule has 0 spiro atoms. The van der Waals surface area contributed by atoms with Crippen LogP contribution in [0, 0.1) is 0 Å². The topological polar surface area (TPSA) is 86.0 Å². The second kappa shape index (κ2) is 7.66. The number of sulfone groups is 1. The summed E-state index contributed by atoms with van der Waals surface area (Å²) in [5, 5.41) is 1.85. The number of pyridine rings is 1. The van der Waals surface area contributed by atoms with Crippen molar-refractivity contribution in [2.24, 2.45) is 0 Å². The normalized spacial score (nSPS) is 16.3. The summed E-state index contributed by atoms with van der Waals surface area (Å²) in [6.45, 7) is 2.38. The number of hydrogen-bond donors (Lipinski definition) is 2. The highest BCUT2D eigenvalue weighted by atomic mass is 32.2. The number of likely N-dealkylation sites (tertiary alicyclic amines) is 1. The second-order valence-electron chi connectivity index (χ2n) is 8.51. The fourth-order valence-electron chi connectivity index (χ4n) is 4.53. The first kappa shape index (κ1) is 20.0. The van der Waals surface area contributed by atoms with E-state index in [1.54, 1.807) is 0 Å². The molecule has 5 rings (SSSR count). The van der Waals surface area contributed by atoms with Gasteiger partial charge in [-0.15, -0.1) is 0 Å². The largest absolute Gasteiger partial charge is 0.354 e. The highest BCUT2D eigenvalue weighted by molar-refractivity contribution is 7.91. The van der Waals surface area contributed by atoms with Crippen LogP contribution in [0.15, 0.2) is 59.4 Å². The molecule has 7 heteroatoms. The van der Waals surface area contributed by atoms with Crippen LogP contribution in [0.4, 0.5) is 0 Å². The van der Waals surface area contributed by atoms with E-state index in [0.29, 0.717) is 18.4 Å². The van der Waals surface area contributed by atoms with Crippen LogP contribution in [-0.2, 0) is 16.4 Å². The number of H-pyrrole nitrogens is 2. The zero-order valence-corrected chi connectivity index (χ0v) is 18.2. The molecule has 31 heavy (non-hydrogen) atoms. The van der Waals surface area contributed by atoms with Gasteiger partial charge in [0, 0.05) is 29.2 Å². The van der Waals surface area contributed by atoms with Crippen LogP contribution in [0.3, 0.4) is 0 Å². The zero-order valence-electron chi connectivity index (χ0n) is 17.4. The van der Waals surface area contributed by atoms with Crippen LogP contribution < -0.4 is 5.56 Å². The van der Waals surface area contributed by atoms with Gasteiger partial charge in [0.2, 0.25) is 0 Å². The van der Waals surface area contributed by atoms with Crippen molar-refractivity contribution in [2.45, 2.75) is 24.6 Å². The van der Waals surface area contributed by atoms with Crippen molar-refractivity contribution in [2.75, 3.05) is 19.3 Å². The monoisotopic (exact) mass is 435 g/mol. The molecule has 6 nitrogen and oxygen atoms in total.